The molecule has 1 aromatic carbocycles. The number of Topliss-reactive ketones (excluding diaryl/α,β-unsaturated/α-hetero) is 1. The highest BCUT2D eigenvalue weighted by molar-refractivity contribution is 5.95. The number of ether oxygens (including phenoxy) is 1. The van der Waals surface area contributed by atoms with Gasteiger partial charge in [0.1, 0.15) is 12.1 Å². The minimum absolute atomic E-state index is 0.0554. The Bertz CT molecular complexity index is 1040. The highest BCUT2D eigenvalue weighted by Crippen LogP contribution is 2.21. The van der Waals surface area contributed by atoms with Crippen LogP contribution in [-0.4, -0.2) is 77.3 Å². The van der Waals surface area contributed by atoms with Crippen LogP contribution in [0, 0.1) is 10.1 Å². The number of carbonyl (C=O) groups is 6. The molecule has 4 amide bonds. The van der Waals surface area contributed by atoms with Crippen molar-refractivity contribution in [1.29, 1.82) is 0 Å². The lowest BCUT2D eigenvalue weighted by Gasteiger charge is -2.17. The quantitative estimate of drug-likeness (QED) is 0.0789. The first-order chi connectivity index (χ1) is 16.8. The van der Waals surface area contributed by atoms with E-state index in [2.05, 4.69) is 16.0 Å². The average molecular weight is 509 g/mol. The summed E-state index contributed by atoms with van der Waals surface area (Å²) in [6.45, 7) is 0.741. The summed E-state index contributed by atoms with van der Waals surface area (Å²) in [4.78, 5) is 80.6. The smallest absolute Gasteiger partial charge is 0.308 e. The maximum atomic E-state index is 12.1. The van der Waals surface area contributed by atoms with Gasteiger partial charge in [-0.05, 0) is 6.92 Å². The molecule has 0 heterocycles. The number of nitrogens with one attached hydrogen (secondary N) is 3. The van der Waals surface area contributed by atoms with E-state index < -0.39 is 66.2 Å². The van der Waals surface area contributed by atoms with Gasteiger partial charge in [-0.2, -0.15) is 0 Å². The lowest BCUT2D eigenvalue weighted by molar-refractivity contribution is -0.385. The van der Waals surface area contributed by atoms with Crippen molar-refractivity contribution in [3.8, 4) is 0 Å². The Kier molecular flexibility index (Phi) is 11.6. The first-order valence-electron chi connectivity index (χ1n) is 10.5. The lowest BCUT2D eigenvalue weighted by Crippen LogP contribution is -2.52. The molecule has 0 unspecified atom stereocenters. The zero-order valence-electron chi connectivity index (χ0n) is 19.6. The molecule has 15 nitrogen and oxygen atoms in total. The summed E-state index contributed by atoms with van der Waals surface area (Å²) in [5.74, 6) is -4.67. The third kappa shape index (κ3) is 9.84. The number of nitrogens with two attached hydrogens (primary N) is 1. The zero-order valence-corrected chi connectivity index (χ0v) is 19.6. The monoisotopic (exact) mass is 509 g/mol. The molecule has 0 saturated heterocycles. The first kappa shape index (κ1) is 29.6. The topological polar surface area (TPSA) is 237 Å². The highest BCUT2D eigenvalue weighted by atomic mass is 16.6. The highest BCUT2D eigenvalue weighted by Gasteiger charge is 2.24. The Labute approximate surface area is 204 Å². The Hall–Kier alpha value is -4.40. The van der Waals surface area contributed by atoms with Crippen LogP contribution in [0.25, 0.3) is 0 Å². The number of nitro groups is 1. The van der Waals surface area contributed by atoms with Crippen LogP contribution < -0.4 is 21.7 Å². The van der Waals surface area contributed by atoms with E-state index in [1.165, 1.54) is 19.1 Å². The molecule has 0 aliphatic heterocycles. The minimum Gasteiger partial charge on any atom is -0.465 e. The van der Waals surface area contributed by atoms with E-state index >= 15 is 0 Å². The standard InChI is InChI=1S/C21H27N5O10/c1-11(28)14-4-3-13(17(7-14)26(34)35)5-6-36-19(31)8-15(20(22)32)25-18(30)9-23-21(33)16(10-27)24-12(2)29/h3-4,7,15-16,27H,5-6,8-10H2,1-2H3,(H2,22,32)(H,23,33)(H,24,29)(H,25,30)/t15-,16-/m0/s1. The van der Waals surface area contributed by atoms with Gasteiger partial charge in [0.2, 0.25) is 23.6 Å². The van der Waals surface area contributed by atoms with Crippen LogP contribution in [-0.2, 0) is 35.1 Å². The van der Waals surface area contributed by atoms with Gasteiger partial charge in [0, 0.05) is 30.5 Å². The van der Waals surface area contributed by atoms with Gasteiger partial charge < -0.3 is 31.5 Å². The fourth-order valence-electron chi connectivity index (χ4n) is 2.86. The number of hydrogen-bond acceptors (Lipinski definition) is 10. The number of hydrogen-bond donors (Lipinski definition) is 5. The van der Waals surface area contributed by atoms with Crippen molar-refractivity contribution >= 4 is 41.1 Å². The molecule has 196 valence electrons. The number of nitrogens with zero attached hydrogens (tertiary/aromatic N) is 1. The molecule has 1 rings (SSSR count). The molecule has 36 heavy (non-hydrogen) atoms. The predicted octanol–water partition coefficient (Wildman–Crippen LogP) is -2.14. The molecule has 1 aromatic rings. The van der Waals surface area contributed by atoms with E-state index in [4.69, 9.17) is 15.6 Å². The van der Waals surface area contributed by atoms with Crippen LogP contribution in [0.1, 0.15) is 36.2 Å². The van der Waals surface area contributed by atoms with Gasteiger partial charge in [-0.25, -0.2) is 0 Å². The van der Waals surface area contributed by atoms with Crippen molar-refractivity contribution in [2.75, 3.05) is 19.8 Å². The normalized spacial score (nSPS) is 12.0. The van der Waals surface area contributed by atoms with E-state index in [1.807, 2.05) is 0 Å². The van der Waals surface area contributed by atoms with Crippen LogP contribution >= 0.6 is 0 Å². The molecule has 15 heteroatoms. The number of aliphatic hydroxyl groups is 1. The number of aliphatic hydroxyl groups excluding tert-OH is 1. The fourth-order valence-corrected chi connectivity index (χ4v) is 2.86. The van der Waals surface area contributed by atoms with Crippen molar-refractivity contribution in [2.45, 2.75) is 38.8 Å². The largest absolute Gasteiger partial charge is 0.465 e. The molecule has 0 saturated carbocycles. The van der Waals surface area contributed by atoms with Crippen LogP contribution in [0.3, 0.4) is 0 Å². The van der Waals surface area contributed by atoms with Crippen molar-refractivity contribution < 1.29 is 43.5 Å². The van der Waals surface area contributed by atoms with Gasteiger partial charge in [0.25, 0.3) is 5.69 Å². The second-order valence-corrected chi connectivity index (χ2v) is 7.51. The number of nitro benzene ring substituents is 1. The molecular weight excluding hydrogens is 482 g/mol. The Balaban J connectivity index is 2.61. The predicted molar refractivity (Wildman–Crippen MR) is 121 cm³/mol. The van der Waals surface area contributed by atoms with Crippen LogP contribution in [0.2, 0.25) is 0 Å². The van der Waals surface area contributed by atoms with E-state index in [0.29, 0.717) is 0 Å². The third-order valence-electron chi connectivity index (χ3n) is 4.67. The van der Waals surface area contributed by atoms with Gasteiger partial charge in [0.15, 0.2) is 5.78 Å². The average Bonchev–Trinajstić information content (AvgIpc) is 2.80. The maximum absolute atomic E-state index is 12.1. The van der Waals surface area contributed by atoms with E-state index in [9.17, 15) is 38.9 Å². The number of esters is 1. The number of benzene rings is 1. The summed E-state index contributed by atoms with van der Waals surface area (Å²) in [5.41, 5.74) is 5.25. The number of rotatable bonds is 14. The fraction of sp³-hybridized carbons (Fsp3) is 0.429. The number of ketones is 1. The molecule has 0 radical (unpaired) electrons. The summed E-state index contributed by atoms with van der Waals surface area (Å²) in [6, 6.07) is 1.14. The molecule has 0 aromatic heterocycles. The summed E-state index contributed by atoms with van der Waals surface area (Å²) in [6.07, 6.45) is -0.703. The maximum Gasteiger partial charge on any atom is 0.308 e. The summed E-state index contributed by atoms with van der Waals surface area (Å²) in [5, 5.41) is 26.8. The van der Waals surface area contributed by atoms with Crippen LogP contribution in [0.5, 0.6) is 0 Å². The van der Waals surface area contributed by atoms with Crippen molar-refractivity contribution in [3.05, 3.63) is 39.4 Å². The zero-order chi connectivity index (χ0) is 27.4. The van der Waals surface area contributed by atoms with E-state index in [1.54, 1.807) is 0 Å². The first-order valence-corrected chi connectivity index (χ1v) is 10.5. The Morgan fingerprint density at radius 1 is 1.11 bits per heavy atom. The number of primary amides is 1. The SMILES string of the molecule is CC(=O)N[C@@H](CO)C(=O)NCC(=O)N[C@@H](CC(=O)OCCc1ccc(C(C)=O)cc1[N+](=O)[O-])C(N)=O. The summed E-state index contributed by atoms with van der Waals surface area (Å²) in [7, 11) is 0. The van der Waals surface area contributed by atoms with Gasteiger partial charge in [-0.3, -0.25) is 38.9 Å². The number of amides is 4. The summed E-state index contributed by atoms with van der Waals surface area (Å²) >= 11 is 0. The van der Waals surface area contributed by atoms with Gasteiger partial charge >= 0.3 is 5.97 Å². The Morgan fingerprint density at radius 2 is 1.78 bits per heavy atom. The molecule has 0 spiro atoms. The lowest BCUT2D eigenvalue weighted by atomic mass is 10.0. The molecule has 0 bridgehead atoms. The second-order valence-electron chi connectivity index (χ2n) is 7.51. The molecule has 6 N–H and O–H groups in total. The molecular formula is C21H27N5O10. The van der Waals surface area contributed by atoms with E-state index in [0.717, 1.165) is 13.0 Å². The molecule has 0 aliphatic rings. The van der Waals surface area contributed by atoms with E-state index in [-0.39, 0.29) is 35.6 Å². The summed E-state index contributed by atoms with van der Waals surface area (Å²) < 4.78 is 4.98. The minimum atomic E-state index is -1.48. The van der Waals surface area contributed by atoms with Crippen LogP contribution in [0.15, 0.2) is 18.2 Å². The number of carbonyl (C=O) groups excluding carboxylic acids is 6. The van der Waals surface area contributed by atoms with Gasteiger partial charge in [-0.15, -0.1) is 0 Å². The molecule has 0 aliphatic carbocycles. The second kappa shape index (κ2) is 14.1. The van der Waals surface area contributed by atoms with Gasteiger partial charge in [0.05, 0.1) is 31.1 Å². The molecule has 0 fully saturated rings. The van der Waals surface area contributed by atoms with Crippen molar-refractivity contribution in [2.24, 2.45) is 5.73 Å². The van der Waals surface area contributed by atoms with Crippen molar-refractivity contribution in [1.82, 2.24) is 16.0 Å². The Morgan fingerprint density at radius 3 is 2.31 bits per heavy atom. The van der Waals surface area contributed by atoms with Crippen LogP contribution in [0.4, 0.5) is 5.69 Å². The van der Waals surface area contributed by atoms with Crippen molar-refractivity contribution in [3.63, 3.8) is 0 Å². The molecule has 2 atom stereocenters. The van der Waals surface area contributed by atoms with Gasteiger partial charge in [-0.1, -0.05) is 12.1 Å². The third-order valence-corrected chi connectivity index (χ3v) is 4.67.